The third-order valence-electron chi connectivity index (χ3n) is 1.76. The van der Waals surface area contributed by atoms with E-state index < -0.39 is 34.4 Å². The Hall–Kier alpha value is -2.64. The Balaban J connectivity index is 3.05. The largest absolute Gasteiger partial charge is 0.478 e. The second-order valence-electron chi connectivity index (χ2n) is 2.90. The van der Waals surface area contributed by atoms with Crippen LogP contribution in [0.15, 0.2) is 24.3 Å². The van der Waals surface area contributed by atoms with Gasteiger partial charge in [-0.1, -0.05) is 12.1 Å². The monoisotopic (exact) mass is 241 g/mol. The molecule has 0 aliphatic rings. The molecule has 2 N–H and O–H groups in total. The summed E-state index contributed by atoms with van der Waals surface area (Å²) in [6.45, 7) is 0. The predicted molar refractivity (Wildman–Crippen MR) is 52.8 cm³/mol. The molecule has 0 amide bonds. The van der Waals surface area contributed by atoms with Gasteiger partial charge in [-0.15, -0.1) is 0 Å². The van der Waals surface area contributed by atoms with E-state index in [1.54, 1.807) is 0 Å². The number of nitrogens with zero attached hydrogens (tertiary/aromatic N) is 1. The number of aliphatic carboxylic acids is 2. The zero-order chi connectivity index (χ0) is 13.0. The highest BCUT2D eigenvalue weighted by molar-refractivity contribution is 5.96. The minimum absolute atomic E-state index is 0.410. The van der Waals surface area contributed by atoms with E-state index in [1.165, 1.54) is 12.1 Å². The number of hydrogen-bond acceptors (Lipinski definition) is 5. The molecule has 0 aliphatic heterocycles. The van der Waals surface area contributed by atoms with Gasteiger partial charge in [-0.2, -0.15) is 0 Å². The van der Waals surface area contributed by atoms with E-state index in [1.807, 2.05) is 0 Å². The fourth-order valence-electron chi connectivity index (χ4n) is 1.04. The minimum Gasteiger partial charge on any atom is -0.478 e. The van der Waals surface area contributed by atoms with Crippen LogP contribution in [0.5, 0.6) is 5.75 Å². The van der Waals surface area contributed by atoms with E-state index in [9.17, 15) is 19.7 Å². The molecule has 8 heteroatoms. The van der Waals surface area contributed by atoms with Crippen LogP contribution >= 0.6 is 0 Å². The van der Waals surface area contributed by atoms with Crippen LogP contribution in [0.1, 0.15) is 0 Å². The van der Waals surface area contributed by atoms with Gasteiger partial charge in [0.15, 0.2) is 5.75 Å². The summed E-state index contributed by atoms with van der Waals surface area (Å²) in [5.74, 6) is -3.89. The number of nitro benzene ring substituents is 1. The number of carboxylic acid groups (broad SMARTS) is 2. The predicted octanol–water partition coefficient (Wildman–Crippen LogP) is 0.511. The number of para-hydroxylation sites is 2. The van der Waals surface area contributed by atoms with E-state index >= 15 is 0 Å². The first kappa shape index (κ1) is 12.4. The van der Waals surface area contributed by atoms with Gasteiger partial charge >= 0.3 is 17.6 Å². The Morgan fingerprint density at radius 3 is 2.24 bits per heavy atom. The molecule has 1 aromatic rings. The molecule has 17 heavy (non-hydrogen) atoms. The number of hydrogen-bond donors (Lipinski definition) is 2. The highest BCUT2D eigenvalue weighted by Crippen LogP contribution is 2.26. The number of rotatable bonds is 5. The molecule has 0 atom stereocenters. The van der Waals surface area contributed by atoms with Gasteiger partial charge in [-0.25, -0.2) is 9.59 Å². The van der Waals surface area contributed by atoms with Crippen LogP contribution in [0.25, 0.3) is 0 Å². The maximum Gasteiger partial charge on any atom is 0.356 e. The Morgan fingerprint density at radius 2 is 1.76 bits per heavy atom. The molecule has 0 unspecified atom stereocenters. The van der Waals surface area contributed by atoms with E-state index in [0.717, 1.165) is 12.1 Å². The summed E-state index contributed by atoms with van der Waals surface area (Å²) in [7, 11) is 0. The Bertz CT molecular complexity index is 456. The number of benzene rings is 1. The summed E-state index contributed by atoms with van der Waals surface area (Å²) >= 11 is 0. The molecule has 8 nitrogen and oxygen atoms in total. The average Bonchev–Trinajstić information content (AvgIpc) is 2.25. The Kier molecular flexibility index (Phi) is 3.60. The molecule has 0 aromatic heterocycles. The lowest BCUT2D eigenvalue weighted by atomic mass is 10.3. The van der Waals surface area contributed by atoms with Gasteiger partial charge in [0.1, 0.15) is 0 Å². The molecule has 0 saturated heterocycles. The summed E-state index contributed by atoms with van der Waals surface area (Å²) < 4.78 is 4.59. The van der Waals surface area contributed by atoms with E-state index in [-0.39, 0.29) is 0 Å². The van der Waals surface area contributed by atoms with E-state index in [2.05, 4.69) is 4.74 Å². The van der Waals surface area contributed by atoms with Crippen molar-refractivity contribution in [2.24, 2.45) is 0 Å². The second kappa shape index (κ2) is 4.92. The molecular weight excluding hydrogens is 234 g/mol. The van der Waals surface area contributed by atoms with Crippen molar-refractivity contribution in [2.75, 3.05) is 0 Å². The minimum atomic E-state index is -2.18. The van der Waals surface area contributed by atoms with Gasteiger partial charge in [-0.3, -0.25) is 10.1 Å². The lowest BCUT2D eigenvalue weighted by molar-refractivity contribution is -0.386. The van der Waals surface area contributed by atoms with E-state index in [4.69, 9.17) is 10.2 Å². The first-order chi connectivity index (χ1) is 7.93. The molecule has 1 rings (SSSR count). The van der Waals surface area contributed by atoms with Crippen molar-refractivity contribution in [2.45, 2.75) is 6.10 Å². The zero-order valence-corrected chi connectivity index (χ0v) is 8.27. The van der Waals surface area contributed by atoms with Crippen LogP contribution in [0, 0.1) is 10.1 Å². The van der Waals surface area contributed by atoms with Gasteiger partial charge in [0.2, 0.25) is 0 Å². The van der Waals surface area contributed by atoms with E-state index in [0.29, 0.717) is 0 Å². The topological polar surface area (TPSA) is 127 Å². The van der Waals surface area contributed by atoms with Crippen LogP contribution in [0.4, 0.5) is 5.69 Å². The summed E-state index contributed by atoms with van der Waals surface area (Å²) in [4.78, 5) is 30.9. The van der Waals surface area contributed by atoms with Crippen LogP contribution in [-0.2, 0) is 9.59 Å². The fourth-order valence-corrected chi connectivity index (χ4v) is 1.04. The van der Waals surface area contributed by atoms with Crippen LogP contribution in [0.2, 0.25) is 0 Å². The zero-order valence-electron chi connectivity index (χ0n) is 8.27. The summed E-state index contributed by atoms with van der Waals surface area (Å²) in [5, 5.41) is 27.7. The Labute approximate surface area is 94.2 Å². The molecule has 0 fully saturated rings. The first-order valence-electron chi connectivity index (χ1n) is 4.29. The van der Waals surface area contributed by atoms with Crippen LogP contribution in [0.3, 0.4) is 0 Å². The van der Waals surface area contributed by atoms with Crippen molar-refractivity contribution in [3.8, 4) is 5.75 Å². The average molecular weight is 241 g/mol. The van der Waals surface area contributed by atoms with Crippen molar-refractivity contribution in [1.82, 2.24) is 0 Å². The van der Waals surface area contributed by atoms with Gasteiger partial charge in [0.25, 0.3) is 6.10 Å². The summed E-state index contributed by atoms with van der Waals surface area (Å²) in [6, 6.07) is 4.91. The van der Waals surface area contributed by atoms with Crippen molar-refractivity contribution in [3.05, 3.63) is 34.4 Å². The second-order valence-corrected chi connectivity index (χ2v) is 2.90. The van der Waals surface area contributed by atoms with Gasteiger partial charge in [0.05, 0.1) is 4.92 Å². The highest BCUT2D eigenvalue weighted by atomic mass is 16.6. The molecule has 0 spiro atoms. The lowest BCUT2D eigenvalue weighted by Crippen LogP contribution is -2.35. The standard InChI is InChI=1S/C9H7NO7/c11-8(12)7(9(13)14)17-6-4-2-1-3-5(6)10(15)16/h1-4,7H,(H,11,12)(H,13,14). The van der Waals surface area contributed by atoms with Crippen LogP contribution < -0.4 is 4.74 Å². The van der Waals surface area contributed by atoms with Crippen molar-refractivity contribution in [3.63, 3.8) is 0 Å². The van der Waals surface area contributed by atoms with Gasteiger partial charge in [-0.05, 0) is 6.07 Å². The molecule has 0 heterocycles. The maximum atomic E-state index is 10.6. The third-order valence-corrected chi connectivity index (χ3v) is 1.76. The molecular formula is C9H7NO7. The van der Waals surface area contributed by atoms with Crippen LogP contribution in [-0.4, -0.2) is 33.2 Å². The van der Waals surface area contributed by atoms with Crippen molar-refractivity contribution in [1.29, 1.82) is 0 Å². The molecule has 90 valence electrons. The molecule has 1 aromatic carbocycles. The normalized spacial score (nSPS) is 9.94. The van der Waals surface area contributed by atoms with Crippen molar-refractivity contribution < 1.29 is 29.5 Å². The third kappa shape index (κ3) is 2.91. The molecule has 0 saturated carbocycles. The Morgan fingerprint density at radius 1 is 1.24 bits per heavy atom. The number of ether oxygens (including phenoxy) is 1. The maximum absolute atomic E-state index is 10.6. The molecule has 0 bridgehead atoms. The lowest BCUT2D eigenvalue weighted by Gasteiger charge is -2.10. The SMILES string of the molecule is O=C(O)C(Oc1ccccc1[N+](=O)[O-])C(=O)O. The van der Waals surface area contributed by atoms with Gasteiger partial charge < -0.3 is 14.9 Å². The molecule has 0 radical (unpaired) electrons. The quantitative estimate of drug-likeness (QED) is 0.436. The van der Waals surface area contributed by atoms with Gasteiger partial charge in [0, 0.05) is 6.07 Å². The number of nitro groups is 1. The number of carboxylic acids is 2. The first-order valence-corrected chi connectivity index (χ1v) is 4.29. The van der Waals surface area contributed by atoms with Crippen molar-refractivity contribution >= 4 is 17.6 Å². The number of carbonyl (C=O) groups is 2. The summed E-state index contributed by atoms with van der Waals surface area (Å²) in [6.07, 6.45) is -2.18. The smallest absolute Gasteiger partial charge is 0.356 e. The highest BCUT2D eigenvalue weighted by Gasteiger charge is 2.30. The summed E-state index contributed by atoms with van der Waals surface area (Å²) in [5.41, 5.74) is -0.500. The fraction of sp³-hybridized carbons (Fsp3) is 0.111. The molecule has 0 aliphatic carbocycles.